The minimum atomic E-state index is 0.149. The van der Waals surface area contributed by atoms with Gasteiger partial charge >= 0.3 is 0 Å². The van der Waals surface area contributed by atoms with Crippen molar-refractivity contribution in [1.82, 2.24) is 0 Å². The summed E-state index contributed by atoms with van der Waals surface area (Å²) >= 11 is 0. The van der Waals surface area contributed by atoms with Crippen LogP contribution < -0.4 is 5.73 Å². The molecule has 2 nitrogen and oxygen atoms in total. The Morgan fingerprint density at radius 1 is 1.23 bits per heavy atom. The van der Waals surface area contributed by atoms with Crippen molar-refractivity contribution in [3.63, 3.8) is 0 Å². The Kier molecular flexibility index (Phi) is 3.76. The van der Waals surface area contributed by atoms with E-state index in [0.717, 1.165) is 12.3 Å². The Balaban J connectivity index is 2.61. The van der Waals surface area contributed by atoms with Crippen molar-refractivity contribution in [2.75, 3.05) is 0 Å². The molecule has 0 atom stereocenters. The third kappa shape index (κ3) is 3.37. The highest BCUT2D eigenvalue weighted by atomic mass is 14.9. The first kappa shape index (κ1) is 10.6. The van der Waals surface area contributed by atoms with E-state index in [1.807, 2.05) is 0 Å². The van der Waals surface area contributed by atoms with Gasteiger partial charge in [0.15, 0.2) is 0 Å². The van der Waals surface area contributed by atoms with Crippen molar-refractivity contribution in [1.29, 1.82) is 0 Å². The molecule has 0 aromatic heterocycles. The fourth-order valence-electron chi connectivity index (χ4n) is 2.03. The number of nitrogens with two attached hydrogens (primary N) is 1. The molecule has 1 saturated carbocycles. The second kappa shape index (κ2) is 4.64. The average Bonchev–Trinajstić information content (AvgIpc) is 2.30. The van der Waals surface area contributed by atoms with Crippen molar-refractivity contribution in [2.24, 2.45) is 10.7 Å². The van der Waals surface area contributed by atoms with Crippen LogP contribution in [0.5, 0.6) is 0 Å². The zero-order valence-electron chi connectivity index (χ0n) is 8.97. The lowest BCUT2D eigenvalue weighted by atomic mass is 9.93. The molecule has 0 bridgehead atoms. The van der Waals surface area contributed by atoms with Crippen molar-refractivity contribution in [2.45, 2.75) is 64.3 Å². The van der Waals surface area contributed by atoms with Gasteiger partial charge in [-0.3, -0.25) is 4.99 Å². The fraction of sp³-hybridized carbons (Fsp3) is 0.909. The summed E-state index contributed by atoms with van der Waals surface area (Å²) in [4.78, 5) is 4.64. The van der Waals surface area contributed by atoms with E-state index in [1.165, 1.54) is 38.5 Å². The van der Waals surface area contributed by atoms with Crippen molar-refractivity contribution < 1.29 is 0 Å². The first-order chi connectivity index (χ1) is 6.16. The van der Waals surface area contributed by atoms with E-state index in [9.17, 15) is 0 Å². The van der Waals surface area contributed by atoms with Gasteiger partial charge in [-0.15, -0.1) is 0 Å². The molecule has 0 heterocycles. The maximum absolute atomic E-state index is 5.79. The second-order valence-corrected chi connectivity index (χ2v) is 4.37. The number of aliphatic imine (C=N–C) groups is 1. The van der Waals surface area contributed by atoms with Crippen LogP contribution in [0.4, 0.5) is 0 Å². The molecule has 0 aromatic carbocycles. The van der Waals surface area contributed by atoms with Gasteiger partial charge in [-0.25, -0.2) is 0 Å². The topological polar surface area (TPSA) is 38.4 Å². The predicted octanol–water partition coefficient (Wildman–Crippen LogP) is 2.87. The van der Waals surface area contributed by atoms with Crippen LogP contribution in [0.2, 0.25) is 0 Å². The van der Waals surface area contributed by atoms with Gasteiger partial charge in [0.05, 0.1) is 11.4 Å². The molecule has 76 valence electrons. The van der Waals surface area contributed by atoms with Crippen LogP contribution in [0.3, 0.4) is 0 Å². The maximum atomic E-state index is 5.79. The molecule has 2 heteroatoms. The Morgan fingerprint density at radius 2 is 1.77 bits per heavy atom. The van der Waals surface area contributed by atoms with Gasteiger partial charge in [0.25, 0.3) is 0 Å². The monoisotopic (exact) mass is 182 g/mol. The Hall–Kier alpha value is -0.530. The smallest absolute Gasteiger partial charge is 0.0941 e. The first-order valence-corrected chi connectivity index (χ1v) is 5.50. The van der Waals surface area contributed by atoms with Crippen molar-refractivity contribution in [3.05, 3.63) is 0 Å². The van der Waals surface area contributed by atoms with Gasteiger partial charge < -0.3 is 5.73 Å². The fourth-order valence-corrected chi connectivity index (χ4v) is 2.03. The van der Waals surface area contributed by atoms with E-state index in [2.05, 4.69) is 18.8 Å². The highest BCUT2D eigenvalue weighted by molar-refractivity contribution is 5.80. The van der Waals surface area contributed by atoms with E-state index < -0.39 is 0 Å². The molecular weight excluding hydrogens is 160 g/mol. The zero-order chi connectivity index (χ0) is 9.73. The number of hydrogen-bond acceptors (Lipinski definition) is 1. The molecule has 1 aliphatic carbocycles. The van der Waals surface area contributed by atoms with Crippen LogP contribution in [0, 0.1) is 0 Å². The largest absolute Gasteiger partial charge is 0.387 e. The van der Waals surface area contributed by atoms with Crippen LogP contribution in [-0.2, 0) is 0 Å². The van der Waals surface area contributed by atoms with Crippen LogP contribution in [-0.4, -0.2) is 11.4 Å². The SMILES string of the molecule is CCC(N)=NC1(C)CCCCCC1. The van der Waals surface area contributed by atoms with Gasteiger partial charge in [0.2, 0.25) is 0 Å². The molecule has 1 fully saturated rings. The lowest BCUT2D eigenvalue weighted by Gasteiger charge is -2.23. The number of nitrogens with zero attached hydrogens (tertiary/aromatic N) is 1. The van der Waals surface area contributed by atoms with Crippen LogP contribution in [0.25, 0.3) is 0 Å². The number of rotatable bonds is 2. The first-order valence-electron chi connectivity index (χ1n) is 5.50. The third-order valence-electron chi connectivity index (χ3n) is 2.96. The molecular formula is C11H22N2. The molecule has 0 unspecified atom stereocenters. The lowest BCUT2D eigenvalue weighted by molar-refractivity contribution is 0.412. The molecule has 13 heavy (non-hydrogen) atoms. The molecule has 1 rings (SSSR count). The Morgan fingerprint density at radius 3 is 2.23 bits per heavy atom. The van der Waals surface area contributed by atoms with Gasteiger partial charge in [-0.2, -0.15) is 0 Å². The molecule has 0 aromatic rings. The Labute approximate surface area is 81.6 Å². The standard InChI is InChI=1S/C11H22N2/c1-3-10(12)13-11(2)8-6-4-5-7-9-11/h3-9H2,1-2H3,(H2,12,13). The third-order valence-corrected chi connectivity index (χ3v) is 2.96. The summed E-state index contributed by atoms with van der Waals surface area (Å²) in [7, 11) is 0. The highest BCUT2D eigenvalue weighted by Gasteiger charge is 2.24. The minimum Gasteiger partial charge on any atom is -0.387 e. The van der Waals surface area contributed by atoms with Crippen LogP contribution in [0.1, 0.15) is 58.8 Å². The van der Waals surface area contributed by atoms with E-state index in [4.69, 9.17) is 5.73 Å². The summed E-state index contributed by atoms with van der Waals surface area (Å²) < 4.78 is 0. The molecule has 0 aliphatic heterocycles. The van der Waals surface area contributed by atoms with E-state index in [1.54, 1.807) is 0 Å². The lowest BCUT2D eigenvalue weighted by Crippen LogP contribution is -2.25. The van der Waals surface area contributed by atoms with Crippen LogP contribution >= 0.6 is 0 Å². The quantitative estimate of drug-likeness (QED) is 0.398. The van der Waals surface area contributed by atoms with Gasteiger partial charge in [-0.05, 0) is 19.8 Å². The maximum Gasteiger partial charge on any atom is 0.0941 e. The minimum absolute atomic E-state index is 0.149. The summed E-state index contributed by atoms with van der Waals surface area (Å²) in [6.45, 7) is 4.32. The molecule has 0 radical (unpaired) electrons. The zero-order valence-corrected chi connectivity index (χ0v) is 8.97. The highest BCUT2D eigenvalue weighted by Crippen LogP contribution is 2.30. The molecule has 0 spiro atoms. The molecule has 1 aliphatic rings. The van der Waals surface area contributed by atoms with Gasteiger partial charge in [0.1, 0.15) is 0 Å². The van der Waals surface area contributed by atoms with Crippen molar-refractivity contribution in [3.8, 4) is 0 Å². The average molecular weight is 182 g/mol. The van der Waals surface area contributed by atoms with Crippen LogP contribution in [0.15, 0.2) is 4.99 Å². The summed E-state index contributed by atoms with van der Waals surface area (Å²) in [5.41, 5.74) is 5.94. The van der Waals surface area contributed by atoms with E-state index in [0.29, 0.717) is 0 Å². The van der Waals surface area contributed by atoms with Gasteiger partial charge in [0, 0.05) is 6.42 Å². The normalized spacial score (nSPS) is 24.0. The Bertz CT molecular complexity index is 177. The second-order valence-electron chi connectivity index (χ2n) is 4.37. The van der Waals surface area contributed by atoms with E-state index >= 15 is 0 Å². The molecule has 0 amide bonds. The molecule has 0 saturated heterocycles. The number of amidine groups is 1. The molecule has 2 N–H and O–H groups in total. The summed E-state index contributed by atoms with van der Waals surface area (Å²) in [5.74, 6) is 0.824. The van der Waals surface area contributed by atoms with Crippen molar-refractivity contribution >= 4 is 5.84 Å². The number of hydrogen-bond donors (Lipinski definition) is 1. The van der Waals surface area contributed by atoms with E-state index in [-0.39, 0.29) is 5.54 Å². The summed E-state index contributed by atoms with van der Waals surface area (Å²) in [6.07, 6.45) is 8.69. The predicted molar refractivity (Wildman–Crippen MR) is 58.0 cm³/mol. The van der Waals surface area contributed by atoms with Gasteiger partial charge in [-0.1, -0.05) is 32.6 Å². The summed E-state index contributed by atoms with van der Waals surface area (Å²) in [5, 5.41) is 0. The summed E-state index contributed by atoms with van der Waals surface area (Å²) in [6, 6.07) is 0.